The molecule has 4 aromatic rings. The number of benzene rings is 2. The van der Waals surface area contributed by atoms with Gasteiger partial charge in [0.1, 0.15) is 0 Å². The molecule has 10 heteroatoms. The van der Waals surface area contributed by atoms with Crippen LogP contribution in [0.2, 0.25) is 5.02 Å². The van der Waals surface area contributed by atoms with Gasteiger partial charge in [0.15, 0.2) is 0 Å². The van der Waals surface area contributed by atoms with Crippen LogP contribution in [-0.4, -0.2) is 23.3 Å². The summed E-state index contributed by atoms with van der Waals surface area (Å²) in [5.74, 6) is -0.359. The predicted molar refractivity (Wildman–Crippen MR) is 113 cm³/mol. The van der Waals surface area contributed by atoms with Gasteiger partial charge in [-0.25, -0.2) is 12.4 Å². The lowest BCUT2D eigenvalue weighted by Crippen LogP contribution is -2.14. The molecule has 0 saturated carbocycles. The molecule has 30 heavy (non-hydrogen) atoms. The minimum atomic E-state index is -4.20. The van der Waals surface area contributed by atoms with Crippen LogP contribution >= 0.6 is 11.6 Å². The fraction of sp³-hybridized carbons (Fsp3) is 0.0500. The fourth-order valence-corrected chi connectivity index (χ4v) is 5.24. The standard InChI is InChI=1S/C20H13ClN4O4S/c1-11(26)24-16-7-12(9-22)8-17-13(16)5-6-25(17)30(28,29)18-4-2-3-14-19(18)15(21)10-23-20(14)27/h2-8,10H,1H3,(H,23,27)(H,24,26). The molecule has 2 N–H and O–H groups in total. The fourth-order valence-electron chi connectivity index (χ4n) is 3.35. The lowest BCUT2D eigenvalue weighted by molar-refractivity contribution is -0.114. The Bertz CT molecular complexity index is 1560. The number of nitrogens with one attached hydrogen (secondary N) is 2. The summed E-state index contributed by atoms with van der Waals surface area (Å²) in [6.45, 7) is 1.31. The van der Waals surface area contributed by atoms with E-state index in [0.717, 1.165) is 3.97 Å². The Balaban J connectivity index is 2.06. The number of carbonyl (C=O) groups is 1. The van der Waals surface area contributed by atoms with Crippen LogP contribution in [0.15, 0.2) is 58.5 Å². The molecular formula is C20H13ClN4O4S. The van der Waals surface area contributed by atoms with Crippen LogP contribution < -0.4 is 10.9 Å². The molecule has 0 aliphatic heterocycles. The molecule has 0 aliphatic rings. The average Bonchev–Trinajstić information content (AvgIpc) is 3.15. The molecule has 0 spiro atoms. The molecule has 8 nitrogen and oxygen atoms in total. The van der Waals surface area contributed by atoms with E-state index in [0.29, 0.717) is 11.1 Å². The Morgan fingerprint density at radius 2 is 2.00 bits per heavy atom. The number of hydrogen-bond acceptors (Lipinski definition) is 5. The van der Waals surface area contributed by atoms with Gasteiger partial charge >= 0.3 is 0 Å². The van der Waals surface area contributed by atoms with Gasteiger partial charge in [0, 0.05) is 35.5 Å². The highest BCUT2D eigenvalue weighted by Gasteiger charge is 2.24. The van der Waals surface area contributed by atoms with E-state index in [-0.39, 0.29) is 37.7 Å². The first-order chi connectivity index (χ1) is 14.2. The highest BCUT2D eigenvalue weighted by atomic mass is 35.5. The molecule has 2 aromatic carbocycles. The van der Waals surface area contributed by atoms with E-state index in [2.05, 4.69) is 10.3 Å². The number of rotatable bonds is 3. The molecule has 0 saturated heterocycles. The summed E-state index contributed by atoms with van der Waals surface area (Å²) < 4.78 is 28.1. The second kappa shape index (κ2) is 7.02. The zero-order chi connectivity index (χ0) is 21.6. The highest BCUT2D eigenvalue weighted by Crippen LogP contribution is 2.33. The van der Waals surface area contributed by atoms with E-state index >= 15 is 0 Å². The van der Waals surface area contributed by atoms with E-state index in [1.807, 2.05) is 6.07 Å². The number of aromatic nitrogens is 2. The molecule has 0 atom stereocenters. The largest absolute Gasteiger partial charge is 0.327 e. The number of hydrogen-bond donors (Lipinski definition) is 2. The number of H-pyrrole nitrogens is 1. The summed E-state index contributed by atoms with van der Waals surface area (Å²) in [6.07, 6.45) is 2.56. The molecule has 2 heterocycles. The number of halogens is 1. The zero-order valence-electron chi connectivity index (χ0n) is 15.4. The number of amides is 1. The van der Waals surface area contributed by atoms with E-state index in [1.54, 1.807) is 0 Å². The van der Waals surface area contributed by atoms with Crippen molar-refractivity contribution in [1.82, 2.24) is 8.96 Å². The van der Waals surface area contributed by atoms with E-state index < -0.39 is 15.6 Å². The van der Waals surface area contributed by atoms with Crippen LogP contribution in [0.3, 0.4) is 0 Å². The smallest absolute Gasteiger partial charge is 0.268 e. The summed E-state index contributed by atoms with van der Waals surface area (Å²) in [6, 6.07) is 10.7. The van der Waals surface area contributed by atoms with Crippen LogP contribution in [0.25, 0.3) is 21.7 Å². The van der Waals surface area contributed by atoms with Crippen molar-refractivity contribution in [3.05, 3.63) is 69.7 Å². The number of carbonyl (C=O) groups excluding carboxylic acids is 1. The van der Waals surface area contributed by atoms with E-state index in [4.69, 9.17) is 11.6 Å². The summed E-state index contributed by atoms with van der Waals surface area (Å²) in [5.41, 5.74) is 0.228. The van der Waals surface area contributed by atoms with Gasteiger partial charge < -0.3 is 10.3 Å². The number of nitrogens with zero attached hydrogens (tertiary/aromatic N) is 2. The molecule has 0 aliphatic carbocycles. The van der Waals surface area contributed by atoms with Gasteiger partial charge in [-0.3, -0.25) is 9.59 Å². The first-order valence-electron chi connectivity index (χ1n) is 8.62. The maximum Gasteiger partial charge on any atom is 0.268 e. The summed E-state index contributed by atoms with van der Waals surface area (Å²) in [5, 5.41) is 12.7. The van der Waals surface area contributed by atoms with Crippen molar-refractivity contribution >= 4 is 54.9 Å². The Labute approximate surface area is 175 Å². The minimum Gasteiger partial charge on any atom is -0.327 e. The van der Waals surface area contributed by atoms with Gasteiger partial charge in [-0.15, -0.1) is 0 Å². The number of fused-ring (bicyclic) bond motifs is 2. The Morgan fingerprint density at radius 1 is 1.23 bits per heavy atom. The van der Waals surface area contributed by atoms with Crippen molar-refractivity contribution in [2.24, 2.45) is 0 Å². The third kappa shape index (κ3) is 3.03. The van der Waals surface area contributed by atoms with Crippen molar-refractivity contribution in [2.45, 2.75) is 11.8 Å². The molecule has 0 fully saturated rings. The molecule has 1 amide bonds. The van der Waals surface area contributed by atoms with Gasteiger partial charge in [0.05, 0.1) is 32.8 Å². The number of aromatic amines is 1. The Kier molecular flexibility index (Phi) is 4.61. The van der Waals surface area contributed by atoms with Crippen molar-refractivity contribution in [3.63, 3.8) is 0 Å². The van der Waals surface area contributed by atoms with Crippen LogP contribution in [0.4, 0.5) is 5.69 Å². The first-order valence-corrected chi connectivity index (χ1v) is 10.4. The first kappa shape index (κ1) is 19.7. The maximum absolute atomic E-state index is 13.5. The van der Waals surface area contributed by atoms with Crippen LogP contribution in [-0.2, 0) is 14.8 Å². The normalized spacial score (nSPS) is 11.5. The van der Waals surface area contributed by atoms with E-state index in [9.17, 15) is 23.3 Å². The van der Waals surface area contributed by atoms with Crippen molar-refractivity contribution in [3.8, 4) is 6.07 Å². The Hall–Kier alpha value is -3.61. The molecular weight excluding hydrogens is 428 g/mol. The highest BCUT2D eigenvalue weighted by molar-refractivity contribution is 7.90. The van der Waals surface area contributed by atoms with Crippen LogP contribution in [0.1, 0.15) is 12.5 Å². The van der Waals surface area contributed by atoms with Crippen LogP contribution in [0, 0.1) is 11.3 Å². The molecule has 0 radical (unpaired) electrons. The molecule has 2 aromatic heterocycles. The number of pyridine rings is 1. The third-order valence-corrected chi connectivity index (χ3v) is 6.62. The molecule has 150 valence electrons. The zero-order valence-corrected chi connectivity index (χ0v) is 17.0. The summed E-state index contributed by atoms with van der Waals surface area (Å²) in [7, 11) is -4.20. The quantitative estimate of drug-likeness (QED) is 0.506. The topological polar surface area (TPSA) is 125 Å². The summed E-state index contributed by atoms with van der Waals surface area (Å²) in [4.78, 5) is 26.0. The maximum atomic E-state index is 13.5. The third-order valence-electron chi connectivity index (χ3n) is 4.59. The second-order valence-electron chi connectivity index (χ2n) is 6.51. The molecule has 0 bridgehead atoms. The minimum absolute atomic E-state index is 0.0804. The van der Waals surface area contributed by atoms with E-state index in [1.165, 1.54) is 55.7 Å². The predicted octanol–water partition coefficient (Wildman–Crippen LogP) is 3.20. The summed E-state index contributed by atoms with van der Waals surface area (Å²) >= 11 is 6.22. The lowest BCUT2D eigenvalue weighted by Gasteiger charge is -2.12. The van der Waals surface area contributed by atoms with Gasteiger partial charge in [0.2, 0.25) is 5.91 Å². The average molecular weight is 441 g/mol. The van der Waals surface area contributed by atoms with Crippen molar-refractivity contribution < 1.29 is 13.2 Å². The van der Waals surface area contributed by atoms with Crippen LogP contribution in [0.5, 0.6) is 0 Å². The van der Waals surface area contributed by atoms with Crippen molar-refractivity contribution in [2.75, 3.05) is 5.32 Å². The second-order valence-corrected chi connectivity index (χ2v) is 8.70. The SMILES string of the molecule is CC(=O)Nc1cc(C#N)cc2c1ccn2S(=O)(=O)c1cccc2c(=O)[nH]cc(Cl)c12. The number of nitriles is 1. The van der Waals surface area contributed by atoms with Gasteiger partial charge in [-0.2, -0.15) is 5.26 Å². The number of anilines is 1. The van der Waals surface area contributed by atoms with Gasteiger partial charge in [0.25, 0.3) is 15.6 Å². The molecule has 4 rings (SSSR count). The van der Waals surface area contributed by atoms with Gasteiger partial charge in [-0.05, 0) is 30.3 Å². The lowest BCUT2D eigenvalue weighted by atomic mass is 10.1. The van der Waals surface area contributed by atoms with Crippen molar-refractivity contribution in [1.29, 1.82) is 5.26 Å². The molecule has 0 unspecified atom stereocenters. The Morgan fingerprint density at radius 3 is 2.70 bits per heavy atom. The van der Waals surface area contributed by atoms with Gasteiger partial charge in [-0.1, -0.05) is 17.7 Å². The monoisotopic (exact) mass is 440 g/mol.